The lowest BCUT2D eigenvalue weighted by Crippen LogP contribution is -2.12. The van der Waals surface area contributed by atoms with Crippen LogP contribution >= 0.6 is 11.3 Å². The lowest BCUT2D eigenvalue weighted by molar-refractivity contribution is -0.383. The molecule has 2 N–H and O–H groups in total. The van der Waals surface area contributed by atoms with Crippen molar-refractivity contribution in [2.24, 2.45) is 0 Å². The highest BCUT2D eigenvalue weighted by Gasteiger charge is 2.24. The van der Waals surface area contributed by atoms with Crippen molar-refractivity contribution in [2.75, 3.05) is 18.1 Å². The van der Waals surface area contributed by atoms with Gasteiger partial charge in [0.15, 0.2) is 14.8 Å². The molecule has 28 heavy (non-hydrogen) atoms. The number of hydrogen-bond acceptors (Lipinski definition) is 7. The third-order valence-electron chi connectivity index (χ3n) is 4.11. The smallest absolute Gasteiger partial charge is 0.304 e. The summed E-state index contributed by atoms with van der Waals surface area (Å²) in [4.78, 5) is 10.5. The normalized spacial score (nSPS) is 12.5. The number of nitrogens with one attached hydrogen (secondary N) is 1. The lowest BCUT2D eigenvalue weighted by atomic mass is 10.0. The Bertz CT molecular complexity index is 1080. The van der Waals surface area contributed by atoms with Gasteiger partial charge in [0.25, 0.3) is 0 Å². The number of aliphatic hydroxyl groups excluding tert-OH is 1. The minimum Gasteiger partial charge on any atom is -0.387 e. The summed E-state index contributed by atoms with van der Waals surface area (Å²) < 4.78 is 23.2. The molecule has 0 aliphatic heterocycles. The highest BCUT2D eigenvalue weighted by molar-refractivity contribution is 7.92. The van der Waals surface area contributed by atoms with Crippen molar-refractivity contribution in [2.45, 2.75) is 10.3 Å². The topological polar surface area (TPSA) is 110 Å². The summed E-state index contributed by atoms with van der Waals surface area (Å²) in [6, 6.07) is 18.2. The molecular formula is C19H18N2O5S2. The molecule has 1 heterocycles. The monoisotopic (exact) mass is 418 g/mol. The van der Waals surface area contributed by atoms with Gasteiger partial charge in [-0.2, -0.15) is 0 Å². The Morgan fingerprint density at radius 2 is 1.71 bits per heavy atom. The SMILES string of the molecule is CS(=O)(=O)c1cc([N+](=O)[O-])c(NCC(O)c2ccc(-c3ccccc3)cc2)s1. The summed E-state index contributed by atoms with van der Waals surface area (Å²) in [6.07, 6.45) is 0.0864. The molecule has 0 amide bonds. The predicted octanol–water partition coefficient (Wildman–Crippen LogP) is 3.87. The van der Waals surface area contributed by atoms with Gasteiger partial charge in [-0.15, -0.1) is 0 Å². The van der Waals surface area contributed by atoms with Crippen LogP contribution in [-0.4, -0.2) is 31.2 Å². The number of nitro groups is 1. The number of aliphatic hydroxyl groups is 1. The Balaban J connectivity index is 1.73. The maximum Gasteiger partial charge on any atom is 0.304 e. The van der Waals surface area contributed by atoms with Crippen LogP contribution in [0.15, 0.2) is 64.9 Å². The molecule has 1 unspecified atom stereocenters. The average Bonchev–Trinajstić information content (AvgIpc) is 3.12. The number of sulfone groups is 1. The third-order valence-corrected chi connectivity index (χ3v) is 6.99. The molecule has 0 aliphatic carbocycles. The van der Waals surface area contributed by atoms with E-state index in [2.05, 4.69) is 5.32 Å². The van der Waals surface area contributed by atoms with Crippen molar-refractivity contribution < 1.29 is 18.4 Å². The quantitative estimate of drug-likeness (QED) is 0.445. The van der Waals surface area contributed by atoms with Crippen LogP contribution < -0.4 is 5.32 Å². The molecule has 9 heteroatoms. The van der Waals surface area contributed by atoms with E-state index in [4.69, 9.17) is 0 Å². The fraction of sp³-hybridized carbons (Fsp3) is 0.158. The summed E-state index contributed by atoms with van der Waals surface area (Å²) in [5.74, 6) is 0. The minimum atomic E-state index is -3.55. The van der Waals surface area contributed by atoms with E-state index in [-0.39, 0.29) is 21.4 Å². The van der Waals surface area contributed by atoms with Crippen LogP contribution in [0.1, 0.15) is 11.7 Å². The van der Waals surface area contributed by atoms with E-state index < -0.39 is 20.9 Å². The summed E-state index contributed by atoms with van der Waals surface area (Å²) in [6.45, 7) is 0.00917. The van der Waals surface area contributed by atoms with Crippen molar-refractivity contribution in [3.8, 4) is 11.1 Å². The first-order valence-electron chi connectivity index (χ1n) is 8.31. The van der Waals surface area contributed by atoms with Crippen LogP contribution in [0.3, 0.4) is 0 Å². The molecule has 1 aromatic heterocycles. The van der Waals surface area contributed by atoms with Gasteiger partial charge >= 0.3 is 5.69 Å². The van der Waals surface area contributed by atoms with Crippen LogP contribution in [0.2, 0.25) is 0 Å². The second-order valence-corrected chi connectivity index (χ2v) is 9.49. The zero-order valence-electron chi connectivity index (χ0n) is 14.9. The average molecular weight is 418 g/mol. The van der Waals surface area contributed by atoms with E-state index in [1.807, 2.05) is 42.5 Å². The van der Waals surface area contributed by atoms with Crippen molar-refractivity contribution in [1.29, 1.82) is 0 Å². The first kappa shape index (κ1) is 20.0. The van der Waals surface area contributed by atoms with E-state index >= 15 is 0 Å². The van der Waals surface area contributed by atoms with Gasteiger partial charge in [-0.1, -0.05) is 65.9 Å². The molecule has 2 aromatic carbocycles. The second-order valence-electron chi connectivity index (χ2n) is 6.19. The molecule has 1 atom stereocenters. The van der Waals surface area contributed by atoms with E-state index in [9.17, 15) is 23.6 Å². The fourth-order valence-corrected chi connectivity index (χ4v) is 4.59. The van der Waals surface area contributed by atoms with Gasteiger partial charge in [-0.05, 0) is 16.7 Å². The maximum atomic E-state index is 11.6. The number of nitrogens with zero attached hydrogens (tertiary/aromatic N) is 1. The van der Waals surface area contributed by atoms with E-state index in [0.717, 1.165) is 34.8 Å². The van der Waals surface area contributed by atoms with Crippen LogP contribution in [-0.2, 0) is 9.84 Å². The third kappa shape index (κ3) is 4.56. The lowest BCUT2D eigenvalue weighted by Gasteiger charge is -2.13. The fourth-order valence-electron chi connectivity index (χ4n) is 2.64. The molecule has 0 spiro atoms. The molecule has 0 saturated carbocycles. The zero-order chi connectivity index (χ0) is 20.3. The van der Waals surface area contributed by atoms with Crippen molar-refractivity contribution in [3.05, 3.63) is 76.3 Å². The van der Waals surface area contributed by atoms with Gasteiger partial charge in [-0.3, -0.25) is 10.1 Å². The highest BCUT2D eigenvalue weighted by atomic mass is 32.2. The molecule has 0 bridgehead atoms. The molecule has 3 aromatic rings. The van der Waals surface area contributed by atoms with Crippen molar-refractivity contribution >= 4 is 31.9 Å². The van der Waals surface area contributed by atoms with Crippen LogP contribution in [0.4, 0.5) is 10.7 Å². The summed E-state index contributed by atoms with van der Waals surface area (Å²) in [5.41, 5.74) is 2.40. The molecule has 146 valence electrons. The minimum absolute atomic E-state index is 0.00917. The van der Waals surface area contributed by atoms with Crippen LogP contribution in [0, 0.1) is 10.1 Å². The Morgan fingerprint density at radius 1 is 1.11 bits per heavy atom. The highest BCUT2D eigenvalue weighted by Crippen LogP contribution is 2.37. The molecule has 0 saturated heterocycles. The first-order valence-corrected chi connectivity index (χ1v) is 11.0. The Labute approximate surface area is 166 Å². The largest absolute Gasteiger partial charge is 0.387 e. The van der Waals surface area contributed by atoms with Gasteiger partial charge in [0.2, 0.25) is 0 Å². The standard InChI is InChI=1S/C19H18N2O5S2/c1-28(25,26)18-11-16(21(23)24)19(27-18)20-12-17(22)15-9-7-14(8-10-15)13-5-3-2-4-6-13/h2-11,17,20,22H,12H2,1H3. The summed E-state index contributed by atoms with van der Waals surface area (Å²) in [5, 5.41) is 24.5. The van der Waals surface area contributed by atoms with E-state index in [1.54, 1.807) is 12.1 Å². The number of anilines is 1. The molecule has 0 aliphatic rings. The van der Waals surface area contributed by atoms with Gasteiger partial charge in [-0.25, -0.2) is 8.42 Å². The van der Waals surface area contributed by atoms with Crippen molar-refractivity contribution in [3.63, 3.8) is 0 Å². The number of benzene rings is 2. The number of hydrogen-bond donors (Lipinski definition) is 2. The van der Waals surface area contributed by atoms with Gasteiger partial charge < -0.3 is 10.4 Å². The van der Waals surface area contributed by atoms with Crippen LogP contribution in [0.25, 0.3) is 11.1 Å². The summed E-state index contributed by atoms with van der Waals surface area (Å²) >= 11 is 0.780. The molecule has 0 fully saturated rings. The van der Waals surface area contributed by atoms with Gasteiger partial charge in [0.05, 0.1) is 11.0 Å². The van der Waals surface area contributed by atoms with Gasteiger partial charge in [0.1, 0.15) is 4.21 Å². The predicted molar refractivity (Wildman–Crippen MR) is 109 cm³/mol. The first-order chi connectivity index (χ1) is 13.3. The molecule has 3 rings (SSSR count). The van der Waals surface area contributed by atoms with Crippen molar-refractivity contribution in [1.82, 2.24) is 0 Å². The molecular weight excluding hydrogens is 400 g/mol. The van der Waals surface area contributed by atoms with E-state index in [1.165, 1.54) is 0 Å². The summed E-state index contributed by atoms with van der Waals surface area (Å²) in [7, 11) is -3.55. The Kier molecular flexibility index (Phi) is 5.78. The molecule has 0 radical (unpaired) electrons. The van der Waals surface area contributed by atoms with Crippen LogP contribution in [0.5, 0.6) is 0 Å². The number of rotatable bonds is 7. The second kappa shape index (κ2) is 8.09. The Hall–Kier alpha value is -2.75. The van der Waals surface area contributed by atoms with E-state index in [0.29, 0.717) is 5.56 Å². The Morgan fingerprint density at radius 3 is 2.29 bits per heavy atom. The van der Waals surface area contributed by atoms with Gasteiger partial charge in [0, 0.05) is 18.9 Å². The maximum absolute atomic E-state index is 11.6. The zero-order valence-corrected chi connectivity index (χ0v) is 16.5. The number of thiophene rings is 1. The molecule has 7 nitrogen and oxygen atoms in total.